The highest BCUT2D eigenvalue weighted by atomic mass is 16.3. The number of rotatable bonds is 4. The van der Waals surface area contributed by atoms with Crippen molar-refractivity contribution in [1.82, 2.24) is 10.2 Å². The Bertz CT molecular complexity index is 569. The molecule has 20 heavy (non-hydrogen) atoms. The minimum atomic E-state index is 0.284. The molecule has 2 atom stereocenters. The normalized spacial score (nSPS) is 25.4. The predicted molar refractivity (Wildman–Crippen MR) is 80.8 cm³/mol. The molecule has 2 aromatic rings. The van der Waals surface area contributed by atoms with Crippen molar-refractivity contribution in [3.8, 4) is 0 Å². The van der Waals surface area contributed by atoms with Crippen LogP contribution >= 0.6 is 0 Å². The van der Waals surface area contributed by atoms with Crippen molar-refractivity contribution < 1.29 is 4.42 Å². The van der Waals surface area contributed by atoms with Crippen LogP contribution in [0.15, 0.2) is 34.7 Å². The van der Waals surface area contributed by atoms with Crippen LogP contribution in [-0.2, 0) is 0 Å². The van der Waals surface area contributed by atoms with E-state index in [-0.39, 0.29) is 6.04 Å². The second-order valence-corrected chi connectivity index (χ2v) is 6.29. The van der Waals surface area contributed by atoms with E-state index in [9.17, 15) is 0 Å². The van der Waals surface area contributed by atoms with Gasteiger partial charge in [-0.05, 0) is 38.3 Å². The summed E-state index contributed by atoms with van der Waals surface area (Å²) in [6.45, 7) is 4.67. The first kappa shape index (κ1) is 12.4. The van der Waals surface area contributed by atoms with Gasteiger partial charge in [-0.25, -0.2) is 0 Å². The Hall–Kier alpha value is -1.32. The molecular formula is C17H22N2O. The molecule has 2 unspecified atom stereocenters. The highest BCUT2D eigenvalue weighted by Crippen LogP contribution is 2.31. The Kier molecular flexibility index (Phi) is 3.04. The fourth-order valence-electron chi connectivity index (χ4n) is 3.35. The van der Waals surface area contributed by atoms with Crippen molar-refractivity contribution in [3.63, 3.8) is 0 Å². The topological polar surface area (TPSA) is 28.4 Å². The van der Waals surface area contributed by atoms with E-state index < -0.39 is 0 Å². The average molecular weight is 270 g/mol. The molecule has 0 amide bonds. The molecule has 3 nitrogen and oxygen atoms in total. The van der Waals surface area contributed by atoms with Gasteiger partial charge in [0.2, 0.25) is 0 Å². The second-order valence-electron chi connectivity index (χ2n) is 6.29. The largest absolute Gasteiger partial charge is 0.459 e. The summed E-state index contributed by atoms with van der Waals surface area (Å²) in [5.74, 6) is 1.05. The highest BCUT2D eigenvalue weighted by molar-refractivity contribution is 5.77. The zero-order valence-corrected chi connectivity index (χ0v) is 12.0. The van der Waals surface area contributed by atoms with Crippen LogP contribution in [0.25, 0.3) is 11.0 Å². The van der Waals surface area contributed by atoms with E-state index in [0.29, 0.717) is 6.04 Å². The molecule has 1 aliphatic heterocycles. The van der Waals surface area contributed by atoms with Crippen molar-refractivity contribution in [3.05, 3.63) is 36.1 Å². The molecule has 1 aromatic heterocycles. The molecule has 0 bridgehead atoms. The lowest BCUT2D eigenvalue weighted by atomic mass is 10.2. The first-order chi connectivity index (χ1) is 9.79. The Morgan fingerprint density at radius 2 is 2.10 bits per heavy atom. The van der Waals surface area contributed by atoms with Crippen LogP contribution in [0.3, 0.4) is 0 Å². The monoisotopic (exact) mass is 270 g/mol. The van der Waals surface area contributed by atoms with Gasteiger partial charge >= 0.3 is 0 Å². The smallest absolute Gasteiger partial charge is 0.134 e. The third kappa shape index (κ3) is 2.36. The molecule has 1 aliphatic carbocycles. The zero-order chi connectivity index (χ0) is 13.5. The number of hydrogen-bond acceptors (Lipinski definition) is 3. The number of nitrogens with one attached hydrogen (secondary N) is 1. The van der Waals surface area contributed by atoms with Gasteiger partial charge in [-0.1, -0.05) is 18.2 Å². The summed E-state index contributed by atoms with van der Waals surface area (Å²) in [5.41, 5.74) is 0.988. The van der Waals surface area contributed by atoms with Crippen molar-refractivity contribution >= 4 is 11.0 Å². The summed E-state index contributed by atoms with van der Waals surface area (Å²) in [6, 6.07) is 12.2. The Balaban J connectivity index is 1.43. The van der Waals surface area contributed by atoms with Gasteiger partial charge in [0.15, 0.2) is 0 Å². The number of nitrogens with zero attached hydrogens (tertiary/aromatic N) is 1. The summed E-state index contributed by atoms with van der Waals surface area (Å²) >= 11 is 0. The zero-order valence-electron chi connectivity index (χ0n) is 12.0. The standard InChI is InChI=1S/C17H22N2O/c1-12(17-10-13-4-2-3-5-16(13)20-17)18-14-8-9-19(11-14)15-6-7-15/h2-5,10,12,14-15,18H,6-9,11H2,1H3. The van der Waals surface area contributed by atoms with Crippen molar-refractivity contribution in [2.24, 2.45) is 0 Å². The van der Waals surface area contributed by atoms with Gasteiger partial charge < -0.3 is 9.73 Å². The summed E-state index contributed by atoms with van der Waals surface area (Å²) < 4.78 is 5.95. The van der Waals surface area contributed by atoms with Crippen LogP contribution in [0.1, 0.15) is 38.0 Å². The number of fused-ring (bicyclic) bond motifs is 1. The van der Waals surface area contributed by atoms with E-state index in [1.54, 1.807) is 0 Å². The number of hydrogen-bond donors (Lipinski definition) is 1. The molecule has 2 fully saturated rings. The van der Waals surface area contributed by atoms with Crippen LogP contribution in [0, 0.1) is 0 Å². The van der Waals surface area contributed by atoms with Gasteiger partial charge in [-0.3, -0.25) is 4.90 Å². The summed E-state index contributed by atoms with van der Waals surface area (Å²) in [4.78, 5) is 2.64. The van der Waals surface area contributed by atoms with Gasteiger partial charge in [0.1, 0.15) is 11.3 Å². The van der Waals surface area contributed by atoms with Gasteiger partial charge in [-0.15, -0.1) is 0 Å². The van der Waals surface area contributed by atoms with E-state index in [2.05, 4.69) is 35.3 Å². The average Bonchev–Trinajstić information content (AvgIpc) is 3.04. The number of benzene rings is 1. The lowest BCUT2D eigenvalue weighted by Gasteiger charge is -2.19. The van der Waals surface area contributed by atoms with Gasteiger partial charge in [0.25, 0.3) is 0 Å². The summed E-state index contributed by atoms with van der Waals surface area (Å²) in [5, 5.41) is 4.93. The first-order valence-corrected chi connectivity index (χ1v) is 7.78. The lowest BCUT2D eigenvalue weighted by Crippen LogP contribution is -2.34. The number of likely N-dealkylation sites (tertiary alicyclic amines) is 1. The predicted octanol–water partition coefficient (Wildman–Crippen LogP) is 3.32. The molecule has 106 valence electrons. The molecule has 0 radical (unpaired) electrons. The first-order valence-electron chi connectivity index (χ1n) is 7.78. The van der Waals surface area contributed by atoms with E-state index >= 15 is 0 Å². The lowest BCUT2D eigenvalue weighted by molar-refractivity contribution is 0.310. The molecule has 3 heteroatoms. The van der Waals surface area contributed by atoms with E-state index in [1.165, 1.54) is 37.7 Å². The van der Waals surface area contributed by atoms with E-state index in [1.807, 2.05) is 12.1 Å². The van der Waals surface area contributed by atoms with Gasteiger partial charge in [0.05, 0.1) is 6.04 Å². The molecule has 4 rings (SSSR count). The van der Waals surface area contributed by atoms with Crippen molar-refractivity contribution in [2.75, 3.05) is 13.1 Å². The van der Waals surface area contributed by atoms with Gasteiger partial charge in [0, 0.05) is 30.6 Å². The minimum Gasteiger partial charge on any atom is -0.459 e. The SMILES string of the molecule is CC(NC1CCN(C2CC2)C1)c1cc2ccccc2o1. The molecule has 2 aliphatic rings. The van der Waals surface area contributed by atoms with Gasteiger partial charge in [-0.2, -0.15) is 0 Å². The fraction of sp³-hybridized carbons (Fsp3) is 0.529. The molecular weight excluding hydrogens is 248 g/mol. The Morgan fingerprint density at radius 1 is 1.25 bits per heavy atom. The molecule has 1 saturated heterocycles. The second kappa shape index (κ2) is 4.90. The minimum absolute atomic E-state index is 0.284. The summed E-state index contributed by atoms with van der Waals surface area (Å²) in [6.07, 6.45) is 4.08. The molecule has 0 spiro atoms. The maximum Gasteiger partial charge on any atom is 0.134 e. The molecule has 1 N–H and O–H groups in total. The van der Waals surface area contributed by atoms with Crippen LogP contribution < -0.4 is 5.32 Å². The maximum atomic E-state index is 5.95. The van der Waals surface area contributed by atoms with E-state index in [0.717, 1.165) is 17.4 Å². The molecule has 2 heterocycles. The number of para-hydroxylation sites is 1. The molecule has 1 aromatic carbocycles. The third-order valence-electron chi connectivity index (χ3n) is 4.64. The maximum absolute atomic E-state index is 5.95. The Labute approximate surface area is 119 Å². The van der Waals surface area contributed by atoms with Crippen LogP contribution in [-0.4, -0.2) is 30.1 Å². The van der Waals surface area contributed by atoms with Crippen LogP contribution in [0.5, 0.6) is 0 Å². The third-order valence-corrected chi connectivity index (χ3v) is 4.64. The van der Waals surface area contributed by atoms with Crippen LogP contribution in [0.2, 0.25) is 0 Å². The summed E-state index contributed by atoms with van der Waals surface area (Å²) in [7, 11) is 0. The Morgan fingerprint density at radius 3 is 2.90 bits per heavy atom. The fourth-order valence-corrected chi connectivity index (χ4v) is 3.35. The molecule has 1 saturated carbocycles. The number of furan rings is 1. The highest BCUT2D eigenvalue weighted by Gasteiger charge is 2.34. The van der Waals surface area contributed by atoms with Crippen LogP contribution in [0.4, 0.5) is 0 Å². The van der Waals surface area contributed by atoms with Crippen molar-refractivity contribution in [1.29, 1.82) is 0 Å². The van der Waals surface area contributed by atoms with E-state index in [4.69, 9.17) is 4.42 Å². The van der Waals surface area contributed by atoms with Crippen molar-refractivity contribution in [2.45, 2.75) is 44.3 Å². The quantitative estimate of drug-likeness (QED) is 0.924.